The summed E-state index contributed by atoms with van der Waals surface area (Å²) in [6, 6.07) is 3.29. The molecule has 5 heteroatoms. The van der Waals surface area contributed by atoms with Crippen LogP contribution < -0.4 is 5.73 Å². The van der Waals surface area contributed by atoms with Gasteiger partial charge in [-0.3, -0.25) is 4.79 Å². The third-order valence-electron chi connectivity index (χ3n) is 4.04. The monoisotopic (exact) mass is 246 g/mol. The molecule has 1 aliphatic heterocycles. The SMILES string of the molecule is Nc1ccc(C(=O)N2CC3CCCC(C3)C2)nn1. The summed E-state index contributed by atoms with van der Waals surface area (Å²) in [7, 11) is 0. The molecule has 1 aliphatic carbocycles. The second kappa shape index (κ2) is 4.55. The Hall–Kier alpha value is -1.65. The fraction of sp³-hybridized carbons (Fsp3) is 0.615. The average Bonchev–Trinajstić information content (AvgIpc) is 2.38. The van der Waals surface area contributed by atoms with Crippen LogP contribution in [0.15, 0.2) is 12.1 Å². The molecule has 2 heterocycles. The maximum absolute atomic E-state index is 12.3. The van der Waals surface area contributed by atoms with Gasteiger partial charge < -0.3 is 10.6 Å². The van der Waals surface area contributed by atoms with Gasteiger partial charge >= 0.3 is 0 Å². The summed E-state index contributed by atoms with van der Waals surface area (Å²) in [5.41, 5.74) is 5.89. The van der Waals surface area contributed by atoms with Crippen LogP contribution >= 0.6 is 0 Å². The summed E-state index contributed by atoms with van der Waals surface area (Å²) in [4.78, 5) is 14.3. The summed E-state index contributed by atoms with van der Waals surface area (Å²) in [6.07, 6.45) is 5.12. The van der Waals surface area contributed by atoms with E-state index in [1.165, 1.54) is 25.7 Å². The number of nitrogens with two attached hydrogens (primary N) is 1. The molecule has 1 saturated heterocycles. The van der Waals surface area contributed by atoms with Gasteiger partial charge in [-0.15, -0.1) is 10.2 Å². The zero-order chi connectivity index (χ0) is 12.5. The van der Waals surface area contributed by atoms with Crippen molar-refractivity contribution in [3.8, 4) is 0 Å². The van der Waals surface area contributed by atoms with Crippen molar-refractivity contribution in [2.45, 2.75) is 25.7 Å². The number of carbonyl (C=O) groups excluding carboxylic acids is 1. The van der Waals surface area contributed by atoms with Gasteiger partial charge in [0.25, 0.3) is 5.91 Å². The van der Waals surface area contributed by atoms with Crippen molar-refractivity contribution < 1.29 is 4.79 Å². The normalized spacial score (nSPS) is 27.0. The van der Waals surface area contributed by atoms with Crippen LogP contribution in [0.1, 0.15) is 36.2 Å². The Morgan fingerprint density at radius 3 is 2.56 bits per heavy atom. The minimum absolute atomic E-state index is 0.000833. The maximum Gasteiger partial charge on any atom is 0.274 e. The van der Waals surface area contributed by atoms with Gasteiger partial charge in [-0.25, -0.2) is 0 Å². The van der Waals surface area contributed by atoms with Gasteiger partial charge in [0.05, 0.1) is 0 Å². The standard InChI is InChI=1S/C13H18N4O/c14-12-5-4-11(15-16-12)13(18)17-7-9-2-1-3-10(6-9)8-17/h4-5,9-10H,1-3,6-8H2,(H2,14,16). The number of nitrogen functional groups attached to an aromatic ring is 1. The van der Waals surface area contributed by atoms with Gasteiger partial charge in [0.2, 0.25) is 0 Å². The lowest BCUT2D eigenvalue weighted by molar-refractivity contribution is 0.0498. The Labute approximate surface area is 106 Å². The average molecular weight is 246 g/mol. The van der Waals surface area contributed by atoms with Gasteiger partial charge in [0, 0.05) is 13.1 Å². The lowest BCUT2D eigenvalue weighted by Gasteiger charge is -2.41. The molecule has 0 aromatic carbocycles. The van der Waals surface area contributed by atoms with E-state index in [4.69, 9.17) is 5.73 Å². The lowest BCUT2D eigenvalue weighted by atomic mass is 9.78. The van der Waals surface area contributed by atoms with E-state index in [-0.39, 0.29) is 5.91 Å². The second-order valence-electron chi connectivity index (χ2n) is 5.45. The van der Waals surface area contributed by atoms with Crippen molar-refractivity contribution in [1.82, 2.24) is 15.1 Å². The van der Waals surface area contributed by atoms with E-state index >= 15 is 0 Å². The van der Waals surface area contributed by atoms with E-state index in [1.807, 2.05) is 4.90 Å². The first-order chi connectivity index (χ1) is 8.72. The number of hydrogen-bond donors (Lipinski definition) is 1. The fourth-order valence-corrected chi connectivity index (χ4v) is 3.22. The second-order valence-corrected chi connectivity index (χ2v) is 5.45. The molecule has 18 heavy (non-hydrogen) atoms. The van der Waals surface area contributed by atoms with Crippen LogP contribution in [-0.2, 0) is 0 Å². The van der Waals surface area contributed by atoms with E-state index in [0.717, 1.165) is 13.1 Å². The predicted octanol–water partition coefficient (Wildman–Crippen LogP) is 1.32. The molecule has 3 rings (SSSR count). The number of likely N-dealkylation sites (tertiary alicyclic amines) is 1. The van der Waals surface area contributed by atoms with E-state index < -0.39 is 0 Å². The molecular weight excluding hydrogens is 228 g/mol. The molecule has 1 aromatic rings. The van der Waals surface area contributed by atoms with Crippen LogP contribution in [0.2, 0.25) is 0 Å². The molecule has 2 atom stereocenters. The predicted molar refractivity (Wildman–Crippen MR) is 67.8 cm³/mol. The quantitative estimate of drug-likeness (QED) is 0.811. The van der Waals surface area contributed by atoms with Gasteiger partial charge in [-0.2, -0.15) is 0 Å². The molecule has 2 unspecified atom stereocenters. The first kappa shape index (κ1) is 11.4. The number of anilines is 1. The van der Waals surface area contributed by atoms with Crippen molar-refractivity contribution in [1.29, 1.82) is 0 Å². The molecule has 1 saturated carbocycles. The topological polar surface area (TPSA) is 72.1 Å². The Bertz CT molecular complexity index is 433. The zero-order valence-electron chi connectivity index (χ0n) is 10.4. The van der Waals surface area contributed by atoms with Crippen LogP contribution in [0, 0.1) is 11.8 Å². The van der Waals surface area contributed by atoms with E-state index in [1.54, 1.807) is 12.1 Å². The van der Waals surface area contributed by atoms with Crippen LogP contribution in [0.5, 0.6) is 0 Å². The number of rotatable bonds is 1. The molecule has 0 radical (unpaired) electrons. The van der Waals surface area contributed by atoms with Gasteiger partial charge in [-0.05, 0) is 43.2 Å². The highest BCUT2D eigenvalue weighted by atomic mass is 16.2. The van der Waals surface area contributed by atoms with Crippen LogP contribution in [-0.4, -0.2) is 34.1 Å². The molecule has 2 N–H and O–H groups in total. The summed E-state index contributed by atoms with van der Waals surface area (Å²) < 4.78 is 0. The Morgan fingerprint density at radius 1 is 1.22 bits per heavy atom. The molecular formula is C13H18N4O. The first-order valence-electron chi connectivity index (χ1n) is 6.61. The molecule has 2 aliphatic rings. The van der Waals surface area contributed by atoms with Crippen LogP contribution in [0.3, 0.4) is 0 Å². The highest BCUT2D eigenvalue weighted by Crippen LogP contribution is 2.34. The number of fused-ring (bicyclic) bond motifs is 2. The maximum atomic E-state index is 12.3. The number of hydrogen-bond acceptors (Lipinski definition) is 4. The highest BCUT2D eigenvalue weighted by molar-refractivity contribution is 5.92. The summed E-state index contributed by atoms with van der Waals surface area (Å²) in [6.45, 7) is 1.75. The van der Waals surface area contributed by atoms with Crippen LogP contribution in [0.4, 0.5) is 5.82 Å². The third kappa shape index (κ3) is 2.17. The van der Waals surface area contributed by atoms with Gasteiger partial charge in [0.15, 0.2) is 5.69 Å². The Morgan fingerprint density at radius 2 is 1.94 bits per heavy atom. The van der Waals surface area contributed by atoms with Gasteiger partial charge in [-0.1, -0.05) is 6.42 Å². The third-order valence-corrected chi connectivity index (χ3v) is 4.04. The number of carbonyl (C=O) groups is 1. The Balaban J connectivity index is 1.74. The number of aromatic nitrogens is 2. The molecule has 1 aromatic heterocycles. The van der Waals surface area contributed by atoms with Crippen molar-refractivity contribution >= 4 is 11.7 Å². The van der Waals surface area contributed by atoms with E-state index in [9.17, 15) is 4.79 Å². The van der Waals surface area contributed by atoms with E-state index in [2.05, 4.69) is 10.2 Å². The minimum Gasteiger partial charge on any atom is -0.382 e. The zero-order valence-corrected chi connectivity index (χ0v) is 10.4. The molecule has 5 nitrogen and oxygen atoms in total. The number of amides is 1. The molecule has 0 spiro atoms. The highest BCUT2D eigenvalue weighted by Gasteiger charge is 2.33. The lowest BCUT2D eigenvalue weighted by Crippen LogP contribution is -2.46. The summed E-state index contributed by atoms with van der Waals surface area (Å²) in [5.74, 6) is 1.72. The smallest absolute Gasteiger partial charge is 0.274 e. The Kier molecular flexibility index (Phi) is 2.89. The number of nitrogens with zero attached hydrogens (tertiary/aromatic N) is 3. The molecule has 96 valence electrons. The summed E-state index contributed by atoms with van der Waals surface area (Å²) in [5, 5.41) is 7.63. The number of piperidine rings is 1. The van der Waals surface area contributed by atoms with Gasteiger partial charge in [0.1, 0.15) is 5.82 Å². The largest absolute Gasteiger partial charge is 0.382 e. The first-order valence-corrected chi connectivity index (χ1v) is 6.61. The van der Waals surface area contributed by atoms with Crippen molar-refractivity contribution in [2.75, 3.05) is 18.8 Å². The summed E-state index contributed by atoms with van der Waals surface area (Å²) >= 11 is 0. The van der Waals surface area contributed by atoms with Crippen molar-refractivity contribution in [3.05, 3.63) is 17.8 Å². The molecule has 1 amide bonds. The van der Waals surface area contributed by atoms with E-state index in [0.29, 0.717) is 23.3 Å². The van der Waals surface area contributed by atoms with Crippen LogP contribution in [0.25, 0.3) is 0 Å². The minimum atomic E-state index is -0.000833. The molecule has 2 fully saturated rings. The fourth-order valence-electron chi connectivity index (χ4n) is 3.22. The van der Waals surface area contributed by atoms with Crippen molar-refractivity contribution in [3.63, 3.8) is 0 Å². The van der Waals surface area contributed by atoms with Crippen molar-refractivity contribution in [2.24, 2.45) is 11.8 Å². The molecule has 2 bridgehead atoms.